The van der Waals surface area contributed by atoms with Crippen molar-refractivity contribution in [1.29, 1.82) is 0 Å². The minimum Gasteiger partial charge on any atom is -0.505 e. The quantitative estimate of drug-likeness (QED) is 0.238. The topological polar surface area (TPSA) is 94.1 Å². The summed E-state index contributed by atoms with van der Waals surface area (Å²) in [4.78, 5) is 30.3. The minimum absolute atomic E-state index is 0.0215. The summed E-state index contributed by atoms with van der Waals surface area (Å²) >= 11 is 1.03. The Balaban J connectivity index is 1.57. The lowest BCUT2D eigenvalue weighted by Crippen LogP contribution is -2.29. The van der Waals surface area contributed by atoms with E-state index in [2.05, 4.69) is 4.90 Å². The Kier molecular flexibility index (Phi) is 7.36. The molecular weight excluding hydrogens is 540 g/mol. The Hall–Kier alpha value is -4.37. The SMILES string of the molecule is COc1ccc(Cn2c(=O)c3c(O)c(Sc4cccc(OC)c4)c(=O)oc3c3cc(N4CCCCC4)ccc32)cc1. The van der Waals surface area contributed by atoms with Crippen LogP contribution in [0.1, 0.15) is 24.8 Å². The van der Waals surface area contributed by atoms with E-state index >= 15 is 0 Å². The van der Waals surface area contributed by atoms with Crippen LogP contribution >= 0.6 is 11.8 Å². The lowest BCUT2D eigenvalue weighted by molar-refractivity contribution is 0.413. The van der Waals surface area contributed by atoms with E-state index in [0.29, 0.717) is 27.3 Å². The first-order chi connectivity index (χ1) is 20.0. The van der Waals surface area contributed by atoms with Gasteiger partial charge in [0.15, 0.2) is 11.3 Å². The summed E-state index contributed by atoms with van der Waals surface area (Å²) in [5.74, 6) is 0.940. The van der Waals surface area contributed by atoms with E-state index in [0.717, 1.165) is 48.9 Å². The highest BCUT2D eigenvalue weighted by Gasteiger charge is 2.23. The van der Waals surface area contributed by atoms with Crippen molar-refractivity contribution in [2.45, 2.75) is 35.6 Å². The minimum atomic E-state index is -0.709. The van der Waals surface area contributed by atoms with Crippen molar-refractivity contribution in [3.63, 3.8) is 0 Å². The number of nitrogens with zero attached hydrogens (tertiary/aromatic N) is 2. The number of aromatic nitrogens is 1. The summed E-state index contributed by atoms with van der Waals surface area (Å²) in [7, 11) is 3.16. The average molecular weight is 571 g/mol. The predicted molar refractivity (Wildman–Crippen MR) is 161 cm³/mol. The molecule has 0 unspecified atom stereocenters. The molecule has 0 aliphatic carbocycles. The number of benzene rings is 3. The maximum atomic E-state index is 14.1. The summed E-state index contributed by atoms with van der Waals surface area (Å²) in [5.41, 5.74) is 1.44. The van der Waals surface area contributed by atoms with Crippen LogP contribution in [0.4, 0.5) is 5.69 Å². The number of ether oxygens (including phenoxy) is 2. The van der Waals surface area contributed by atoms with Crippen molar-refractivity contribution >= 4 is 39.3 Å². The zero-order chi connectivity index (χ0) is 28.5. The van der Waals surface area contributed by atoms with Crippen molar-refractivity contribution in [1.82, 2.24) is 4.57 Å². The van der Waals surface area contributed by atoms with E-state index in [1.54, 1.807) is 43.1 Å². The van der Waals surface area contributed by atoms with Gasteiger partial charge in [0, 0.05) is 29.1 Å². The predicted octanol–water partition coefficient (Wildman–Crippen LogP) is 6.02. The number of anilines is 1. The van der Waals surface area contributed by atoms with Gasteiger partial charge in [-0.2, -0.15) is 0 Å². The standard InChI is InChI=1S/C32H30N2O6S/c1-38-22-12-9-20(10-13-22)19-34-26-14-11-21(33-15-4-3-5-16-33)17-25(26)29-27(31(34)36)28(35)30(32(37)40-29)41-24-8-6-7-23(18-24)39-2/h6-14,17-18,35H,3-5,15-16,19H2,1-2H3. The number of piperidine rings is 1. The van der Waals surface area contributed by atoms with Gasteiger partial charge in [0.2, 0.25) is 0 Å². The summed E-state index contributed by atoms with van der Waals surface area (Å²) < 4.78 is 18.1. The van der Waals surface area contributed by atoms with E-state index in [1.807, 2.05) is 42.5 Å². The number of rotatable bonds is 7. The number of hydrogen-bond acceptors (Lipinski definition) is 8. The van der Waals surface area contributed by atoms with Crippen LogP contribution in [0.2, 0.25) is 0 Å². The second-order valence-electron chi connectivity index (χ2n) is 10.0. The molecule has 1 aliphatic heterocycles. The molecule has 0 radical (unpaired) electrons. The first kappa shape index (κ1) is 26.8. The Bertz CT molecular complexity index is 1860. The fourth-order valence-electron chi connectivity index (χ4n) is 5.37. The van der Waals surface area contributed by atoms with Gasteiger partial charge in [-0.05, 0) is 73.4 Å². The van der Waals surface area contributed by atoms with Crippen molar-refractivity contribution in [3.05, 3.63) is 93.1 Å². The summed E-state index contributed by atoms with van der Waals surface area (Å²) in [6.07, 6.45) is 3.41. The van der Waals surface area contributed by atoms with Crippen LogP contribution in [0.25, 0.3) is 21.9 Å². The van der Waals surface area contributed by atoms with Gasteiger partial charge in [0.25, 0.3) is 5.56 Å². The molecule has 5 aromatic rings. The Morgan fingerprint density at radius 1 is 0.902 bits per heavy atom. The first-order valence-corrected chi connectivity index (χ1v) is 14.3. The Morgan fingerprint density at radius 3 is 2.39 bits per heavy atom. The molecule has 1 N–H and O–H groups in total. The molecule has 1 aliphatic rings. The largest absolute Gasteiger partial charge is 0.505 e. The molecule has 2 aromatic heterocycles. The Labute approximate surface area is 240 Å². The second-order valence-corrected chi connectivity index (χ2v) is 11.1. The van der Waals surface area contributed by atoms with Crippen molar-refractivity contribution in [3.8, 4) is 17.2 Å². The normalized spacial score (nSPS) is 13.6. The third kappa shape index (κ3) is 5.13. The Morgan fingerprint density at radius 2 is 1.66 bits per heavy atom. The molecular formula is C32H30N2O6S. The maximum Gasteiger partial charge on any atom is 0.354 e. The van der Waals surface area contributed by atoms with E-state index in [1.165, 1.54) is 6.42 Å². The lowest BCUT2D eigenvalue weighted by Gasteiger charge is -2.29. The zero-order valence-corrected chi connectivity index (χ0v) is 23.7. The number of methoxy groups -OCH3 is 2. The van der Waals surface area contributed by atoms with Gasteiger partial charge < -0.3 is 28.5 Å². The van der Waals surface area contributed by atoms with Gasteiger partial charge in [-0.1, -0.05) is 30.0 Å². The van der Waals surface area contributed by atoms with Gasteiger partial charge in [-0.3, -0.25) is 4.79 Å². The van der Waals surface area contributed by atoms with Gasteiger partial charge in [-0.15, -0.1) is 0 Å². The van der Waals surface area contributed by atoms with Gasteiger partial charge in [0.05, 0.1) is 26.3 Å². The molecule has 3 aromatic carbocycles. The molecule has 0 amide bonds. The highest BCUT2D eigenvalue weighted by Crippen LogP contribution is 2.39. The van der Waals surface area contributed by atoms with Gasteiger partial charge >= 0.3 is 5.63 Å². The smallest absolute Gasteiger partial charge is 0.354 e. The van der Waals surface area contributed by atoms with Crippen molar-refractivity contribution in [2.75, 3.05) is 32.2 Å². The van der Waals surface area contributed by atoms with E-state index in [9.17, 15) is 14.7 Å². The van der Waals surface area contributed by atoms with Crippen molar-refractivity contribution < 1.29 is 19.0 Å². The van der Waals surface area contributed by atoms with E-state index in [4.69, 9.17) is 13.9 Å². The zero-order valence-electron chi connectivity index (χ0n) is 22.9. The lowest BCUT2D eigenvalue weighted by atomic mass is 10.1. The molecule has 1 saturated heterocycles. The summed E-state index contributed by atoms with van der Waals surface area (Å²) in [6, 6.07) is 20.5. The monoisotopic (exact) mass is 570 g/mol. The molecule has 210 valence electrons. The fraction of sp³-hybridized carbons (Fsp3) is 0.250. The number of pyridine rings is 1. The molecule has 1 fully saturated rings. The van der Waals surface area contributed by atoms with Gasteiger partial charge in [-0.25, -0.2) is 4.79 Å². The molecule has 0 spiro atoms. The van der Waals surface area contributed by atoms with Crippen molar-refractivity contribution in [2.24, 2.45) is 0 Å². The van der Waals surface area contributed by atoms with Crippen LogP contribution in [0, 0.1) is 0 Å². The molecule has 9 heteroatoms. The second kappa shape index (κ2) is 11.2. The van der Waals surface area contributed by atoms with E-state index < -0.39 is 11.2 Å². The van der Waals surface area contributed by atoms with Crippen LogP contribution in [0.15, 0.2) is 90.5 Å². The van der Waals surface area contributed by atoms with Crippen LogP contribution < -0.4 is 25.6 Å². The highest BCUT2D eigenvalue weighted by atomic mass is 32.2. The molecule has 0 atom stereocenters. The van der Waals surface area contributed by atoms with Crippen LogP contribution in [0.3, 0.4) is 0 Å². The maximum absolute atomic E-state index is 14.1. The molecule has 41 heavy (non-hydrogen) atoms. The first-order valence-electron chi connectivity index (χ1n) is 13.5. The van der Waals surface area contributed by atoms with E-state index in [-0.39, 0.29) is 28.2 Å². The molecule has 0 saturated carbocycles. The highest BCUT2D eigenvalue weighted by molar-refractivity contribution is 7.99. The summed E-state index contributed by atoms with van der Waals surface area (Å²) in [6.45, 7) is 2.13. The molecule has 6 rings (SSSR count). The summed E-state index contributed by atoms with van der Waals surface area (Å²) in [5, 5.41) is 12.1. The fourth-order valence-corrected chi connectivity index (χ4v) is 6.25. The third-order valence-electron chi connectivity index (χ3n) is 7.52. The molecule has 0 bridgehead atoms. The average Bonchev–Trinajstić information content (AvgIpc) is 3.01. The number of aromatic hydroxyl groups is 1. The van der Waals surface area contributed by atoms with Crippen LogP contribution in [0.5, 0.6) is 17.2 Å². The third-order valence-corrected chi connectivity index (χ3v) is 8.57. The number of fused-ring (bicyclic) bond motifs is 3. The van der Waals surface area contributed by atoms with Crippen LogP contribution in [-0.2, 0) is 6.54 Å². The molecule has 3 heterocycles. The number of hydrogen-bond donors (Lipinski definition) is 1. The molecule has 8 nitrogen and oxygen atoms in total. The van der Waals surface area contributed by atoms with Gasteiger partial charge in [0.1, 0.15) is 21.8 Å². The van der Waals surface area contributed by atoms with Crippen LogP contribution in [-0.4, -0.2) is 37.0 Å².